The SMILES string of the molecule is N#Cc1ccn(C(=N)N)c1. The van der Waals surface area contributed by atoms with Gasteiger partial charge >= 0.3 is 0 Å². The molecule has 50 valence electrons. The van der Waals surface area contributed by atoms with Crippen LogP contribution in [0.2, 0.25) is 0 Å². The van der Waals surface area contributed by atoms with Crippen molar-refractivity contribution in [1.29, 1.82) is 10.7 Å². The van der Waals surface area contributed by atoms with Gasteiger partial charge in [0.15, 0.2) is 5.96 Å². The molecule has 1 heterocycles. The lowest BCUT2D eigenvalue weighted by atomic mass is 10.4. The molecule has 0 amide bonds. The zero-order valence-corrected chi connectivity index (χ0v) is 5.20. The van der Waals surface area contributed by atoms with Gasteiger partial charge in [-0.05, 0) is 6.07 Å². The number of hydrogen-bond acceptors (Lipinski definition) is 2. The molecule has 0 bridgehead atoms. The highest BCUT2D eigenvalue weighted by Crippen LogP contribution is 1.96. The van der Waals surface area contributed by atoms with Crippen molar-refractivity contribution in [2.75, 3.05) is 0 Å². The van der Waals surface area contributed by atoms with Crippen molar-refractivity contribution in [1.82, 2.24) is 4.57 Å². The lowest BCUT2D eigenvalue weighted by Gasteiger charge is -1.93. The first-order valence-electron chi connectivity index (χ1n) is 2.66. The van der Waals surface area contributed by atoms with Crippen molar-refractivity contribution in [2.24, 2.45) is 5.73 Å². The van der Waals surface area contributed by atoms with Crippen LogP contribution in [0, 0.1) is 16.7 Å². The fourth-order valence-electron chi connectivity index (χ4n) is 0.612. The number of nitrogens with zero attached hydrogens (tertiary/aromatic N) is 2. The minimum absolute atomic E-state index is 0.0819. The largest absolute Gasteiger partial charge is 0.369 e. The summed E-state index contributed by atoms with van der Waals surface area (Å²) in [7, 11) is 0. The average molecular weight is 134 g/mol. The Kier molecular flexibility index (Phi) is 1.42. The second-order valence-corrected chi connectivity index (χ2v) is 1.80. The standard InChI is InChI=1S/C6H6N4/c7-3-5-1-2-10(4-5)6(8)9/h1-2,4H,(H3,8,9). The molecule has 1 aromatic heterocycles. The summed E-state index contributed by atoms with van der Waals surface area (Å²) in [5, 5.41) is 15.3. The Bertz CT molecular complexity index is 291. The Morgan fingerprint density at radius 2 is 2.50 bits per heavy atom. The van der Waals surface area contributed by atoms with E-state index in [9.17, 15) is 0 Å². The van der Waals surface area contributed by atoms with Gasteiger partial charge in [-0.3, -0.25) is 9.98 Å². The highest BCUT2D eigenvalue weighted by Gasteiger charge is 1.94. The van der Waals surface area contributed by atoms with E-state index in [1.54, 1.807) is 12.3 Å². The van der Waals surface area contributed by atoms with E-state index in [1.807, 2.05) is 6.07 Å². The highest BCUT2D eigenvalue weighted by molar-refractivity contribution is 5.77. The average Bonchev–Trinajstić information content (AvgIpc) is 2.34. The minimum atomic E-state index is -0.0819. The third-order valence-electron chi connectivity index (χ3n) is 1.10. The van der Waals surface area contributed by atoms with Gasteiger partial charge in [0, 0.05) is 12.4 Å². The minimum Gasteiger partial charge on any atom is -0.369 e. The molecular weight excluding hydrogens is 128 g/mol. The van der Waals surface area contributed by atoms with E-state index in [0.29, 0.717) is 5.56 Å². The second-order valence-electron chi connectivity index (χ2n) is 1.80. The summed E-state index contributed by atoms with van der Waals surface area (Å²) < 4.78 is 1.37. The number of nitrogens with two attached hydrogens (primary N) is 1. The Morgan fingerprint density at radius 3 is 2.80 bits per heavy atom. The molecule has 0 saturated carbocycles. The lowest BCUT2D eigenvalue weighted by Crippen LogP contribution is -2.18. The molecule has 0 spiro atoms. The first kappa shape index (κ1) is 6.36. The smallest absolute Gasteiger partial charge is 0.196 e. The van der Waals surface area contributed by atoms with Crippen LogP contribution in [0.5, 0.6) is 0 Å². The molecule has 1 aromatic rings. The number of rotatable bonds is 0. The quantitative estimate of drug-likeness (QED) is 0.390. The van der Waals surface area contributed by atoms with Crippen LogP contribution in [-0.4, -0.2) is 10.5 Å². The van der Waals surface area contributed by atoms with Crippen LogP contribution in [0.15, 0.2) is 18.5 Å². The molecular formula is C6H6N4. The molecule has 1 rings (SSSR count). The third-order valence-corrected chi connectivity index (χ3v) is 1.10. The molecule has 0 fully saturated rings. The molecule has 4 heteroatoms. The van der Waals surface area contributed by atoms with Gasteiger partial charge in [0.1, 0.15) is 6.07 Å². The summed E-state index contributed by atoms with van der Waals surface area (Å²) in [6.07, 6.45) is 3.07. The van der Waals surface area contributed by atoms with Crippen molar-refractivity contribution < 1.29 is 0 Å². The van der Waals surface area contributed by atoms with Crippen LogP contribution in [-0.2, 0) is 0 Å². The second kappa shape index (κ2) is 2.23. The number of hydrogen-bond donors (Lipinski definition) is 2. The van der Waals surface area contributed by atoms with Crippen LogP contribution < -0.4 is 5.73 Å². The summed E-state index contributed by atoms with van der Waals surface area (Å²) in [4.78, 5) is 0. The maximum absolute atomic E-state index is 8.36. The first-order valence-corrected chi connectivity index (χ1v) is 2.66. The van der Waals surface area contributed by atoms with E-state index in [2.05, 4.69) is 0 Å². The van der Waals surface area contributed by atoms with E-state index < -0.39 is 0 Å². The maximum Gasteiger partial charge on any atom is 0.196 e. The molecule has 0 aliphatic heterocycles. The molecule has 10 heavy (non-hydrogen) atoms. The highest BCUT2D eigenvalue weighted by atomic mass is 15.1. The molecule has 0 aliphatic rings. The number of nitriles is 1. The van der Waals surface area contributed by atoms with E-state index in [-0.39, 0.29) is 5.96 Å². The molecule has 0 aliphatic carbocycles. The van der Waals surface area contributed by atoms with Crippen molar-refractivity contribution >= 4 is 5.96 Å². The fourth-order valence-corrected chi connectivity index (χ4v) is 0.612. The summed E-state index contributed by atoms with van der Waals surface area (Å²) >= 11 is 0. The summed E-state index contributed by atoms with van der Waals surface area (Å²) in [6, 6.07) is 3.53. The Balaban J connectivity index is 3.02. The van der Waals surface area contributed by atoms with Gasteiger partial charge in [-0.1, -0.05) is 0 Å². The molecule has 0 saturated heterocycles. The first-order chi connectivity index (χ1) is 4.74. The van der Waals surface area contributed by atoms with Gasteiger partial charge in [-0.15, -0.1) is 0 Å². The zero-order valence-electron chi connectivity index (χ0n) is 5.20. The number of nitrogen functional groups attached to an aromatic ring is 1. The van der Waals surface area contributed by atoms with E-state index in [4.69, 9.17) is 16.4 Å². The Labute approximate surface area is 58.0 Å². The molecule has 0 radical (unpaired) electrons. The molecule has 0 aromatic carbocycles. The van der Waals surface area contributed by atoms with Gasteiger partial charge in [0.2, 0.25) is 0 Å². The van der Waals surface area contributed by atoms with Crippen molar-refractivity contribution in [3.05, 3.63) is 24.0 Å². The predicted octanol–water partition coefficient (Wildman–Crippen LogP) is 0.101. The van der Waals surface area contributed by atoms with Gasteiger partial charge in [0.05, 0.1) is 5.56 Å². The van der Waals surface area contributed by atoms with Gasteiger partial charge in [-0.25, -0.2) is 0 Å². The van der Waals surface area contributed by atoms with Crippen molar-refractivity contribution in [3.8, 4) is 6.07 Å². The van der Waals surface area contributed by atoms with Gasteiger partial charge < -0.3 is 5.73 Å². The van der Waals surface area contributed by atoms with Crippen LogP contribution in [0.25, 0.3) is 0 Å². The summed E-state index contributed by atoms with van der Waals surface area (Å²) in [6.45, 7) is 0. The zero-order chi connectivity index (χ0) is 7.56. The monoisotopic (exact) mass is 134 g/mol. The lowest BCUT2D eigenvalue weighted by molar-refractivity contribution is 1.10. The van der Waals surface area contributed by atoms with Crippen molar-refractivity contribution in [2.45, 2.75) is 0 Å². The fraction of sp³-hybridized carbons (Fsp3) is 0. The topological polar surface area (TPSA) is 78.6 Å². The molecule has 0 unspecified atom stereocenters. The number of nitrogens with one attached hydrogen (secondary N) is 1. The van der Waals surface area contributed by atoms with E-state index >= 15 is 0 Å². The maximum atomic E-state index is 8.36. The summed E-state index contributed by atoms with van der Waals surface area (Å²) in [5.74, 6) is -0.0819. The third kappa shape index (κ3) is 0.977. The number of aromatic nitrogens is 1. The summed E-state index contributed by atoms with van der Waals surface area (Å²) in [5.41, 5.74) is 5.63. The van der Waals surface area contributed by atoms with Crippen LogP contribution >= 0.6 is 0 Å². The predicted molar refractivity (Wildman–Crippen MR) is 36.5 cm³/mol. The van der Waals surface area contributed by atoms with Crippen LogP contribution in [0.4, 0.5) is 0 Å². The van der Waals surface area contributed by atoms with Gasteiger partial charge in [0.25, 0.3) is 0 Å². The Morgan fingerprint density at radius 1 is 1.80 bits per heavy atom. The van der Waals surface area contributed by atoms with Crippen molar-refractivity contribution in [3.63, 3.8) is 0 Å². The normalized spacial score (nSPS) is 8.70. The molecule has 4 nitrogen and oxygen atoms in total. The molecule has 0 atom stereocenters. The van der Waals surface area contributed by atoms with E-state index in [1.165, 1.54) is 10.8 Å². The van der Waals surface area contributed by atoms with Crippen LogP contribution in [0.1, 0.15) is 5.56 Å². The van der Waals surface area contributed by atoms with E-state index in [0.717, 1.165) is 0 Å². The molecule has 3 N–H and O–H groups in total. The van der Waals surface area contributed by atoms with Gasteiger partial charge in [-0.2, -0.15) is 5.26 Å². The van der Waals surface area contributed by atoms with Crippen LogP contribution in [0.3, 0.4) is 0 Å². The Hall–Kier alpha value is -1.76.